The number of anilines is 2. The molecule has 144 valence electrons. The highest BCUT2D eigenvalue weighted by atomic mass is 32.2. The molecule has 0 spiro atoms. The molecule has 1 atom stereocenters. The summed E-state index contributed by atoms with van der Waals surface area (Å²) in [4.78, 5) is 25.2. The maximum absolute atomic E-state index is 12.6. The van der Waals surface area contributed by atoms with Crippen LogP contribution in [0, 0.1) is 0 Å². The number of nitrogens with one attached hydrogen (secondary N) is 2. The normalized spacial score (nSPS) is 11.5. The zero-order valence-electron chi connectivity index (χ0n) is 16.0. The van der Waals surface area contributed by atoms with Crippen LogP contribution in [-0.4, -0.2) is 23.7 Å². The Hall–Kier alpha value is -2.47. The van der Waals surface area contributed by atoms with Crippen molar-refractivity contribution in [3.05, 3.63) is 48.5 Å². The van der Waals surface area contributed by atoms with Crippen LogP contribution >= 0.6 is 11.8 Å². The van der Waals surface area contributed by atoms with Gasteiger partial charge in [-0.1, -0.05) is 25.1 Å². The number of hydrogen-bond donors (Lipinski definition) is 2. The van der Waals surface area contributed by atoms with Gasteiger partial charge in [-0.3, -0.25) is 9.59 Å². The molecule has 2 rings (SSSR count). The first-order chi connectivity index (χ1) is 13.0. The van der Waals surface area contributed by atoms with E-state index in [-0.39, 0.29) is 17.1 Å². The van der Waals surface area contributed by atoms with E-state index >= 15 is 0 Å². The molecule has 5 nitrogen and oxygen atoms in total. The van der Waals surface area contributed by atoms with Crippen LogP contribution in [0.4, 0.5) is 11.4 Å². The second kappa shape index (κ2) is 10.6. The van der Waals surface area contributed by atoms with Crippen molar-refractivity contribution in [1.29, 1.82) is 0 Å². The molecule has 0 aliphatic rings. The van der Waals surface area contributed by atoms with Crippen molar-refractivity contribution >= 4 is 35.0 Å². The monoisotopic (exact) mass is 386 g/mol. The number of rotatable bonds is 9. The van der Waals surface area contributed by atoms with Gasteiger partial charge in [0.05, 0.1) is 17.5 Å². The Morgan fingerprint density at radius 3 is 2.59 bits per heavy atom. The lowest BCUT2D eigenvalue weighted by molar-refractivity contribution is -0.116. The molecular formula is C21H26N2O3S. The van der Waals surface area contributed by atoms with Gasteiger partial charge in [0.15, 0.2) is 0 Å². The number of ether oxygens (including phenoxy) is 1. The molecule has 0 saturated heterocycles. The molecule has 1 unspecified atom stereocenters. The topological polar surface area (TPSA) is 67.4 Å². The van der Waals surface area contributed by atoms with Crippen LogP contribution < -0.4 is 15.4 Å². The summed E-state index contributed by atoms with van der Waals surface area (Å²) in [6, 6.07) is 14.9. The summed E-state index contributed by atoms with van der Waals surface area (Å²) in [7, 11) is 0. The number of carbonyl (C=O) groups is 2. The Labute approximate surface area is 164 Å². The molecule has 2 aromatic carbocycles. The summed E-state index contributed by atoms with van der Waals surface area (Å²) in [5.41, 5.74) is 1.41. The predicted octanol–water partition coefficient (Wildman–Crippen LogP) is 4.94. The van der Waals surface area contributed by atoms with Crippen LogP contribution in [0.3, 0.4) is 0 Å². The number of amides is 2. The molecule has 0 heterocycles. The van der Waals surface area contributed by atoms with Crippen molar-refractivity contribution in [2.24, 2.45) is 0 Å². The third-order valence-electron chi connectivity index (χ3n) is 3.72. The van der Waals surface area contributed by atoms with E-state index in [1.807, 2.05) is 69.3 Å². The third kappa shape index (κ3) is 6.64. The van der Waals surface area contributed by atoms with E-state index in [1.54, 1.807) is 0 Å². The first-order valence-electron chi connectivity index (χ1n) is 9.12. The Morgan fingerprint density at radius 2 is 1.85 bits per heavy atom. The third-order valence-corrected chi connectivity index (χ3v) is 4.82. The van der Waals surface area contributed by atoms with Crippen molar-refractivity contribution in [2.75, 3.05) is 17.2 Å². The number of hydrogen-bond acceptors (Lipinski definition) is 4. The number of carbonyl (C=O) groups excluding carboxylic acids is 2. The van der Waals surface area contributed by atoms with E-state index in [4.69, 9.17) is 4.74 Å². The predicted molar refractivity (Wildman–Crippen MR) is 112 cm³/mol. The van der Waals surface area contributed by atoms with E-state index in [9.17, 15) is 9.59 Å². The summed E-state index contributed by atoms with van der Waals surface area (Å²) in [5, 5.41) is 5.50. The first-order valence-corrected chi connectivity index (χ1v) is 10.0. The van der Waals surface area contributed by atoms with Gasteiger partial charge in [0.2, 0.25) is 11.8 Å². The van der Waals surface area contributed by atoms with Gasteiger partial charge in [-0.25, -0.2) is 0 Å². The van der Waals surface area contributed by atoms with Gasteiger partial charge in [0.25, 0.3) is 0 Å². The average molecular weight is 387 g/mol. The fourth-order valence-electron chi connectivity index (χ4n) is 2.44. The van der Waals surface area contributed by atoms with Crippen molar-refractivity contribution in [2.45, 2.75) is 43.8 Å². The lowest BCUT2D eigenvalue weighted by Crippen LogP contribution is -2.22. The average Bonchev–Trinajstić information content (AvgIpc) is 2.64. The van der Waals surface area contributed by atoms with Crippen molar-refractivity contribution < 1.29 is 14.3 Å². The summed E-state index contributed by atoms with van der Waals surface area (Å²) in [5.74, 6) is 0.553. The number of thioether (sulfide) groups is 1. The van der Waals surface area contributed by atoms with E-state index in [1.165, 1.54) is 11.8 Å². The largest absolute Gasteiger partial charge is 0.492 e. The molecule has 27 heavy (non-hydrogen) atoms. The van der Waals surface area contributed by atoms with Crippen LogP contribution in [0.25, 0.3) is 0 Å². The smallest absolute Gasteiger partial charge is 0.237 e. The molecule has 0 aromatic heterocycles. The van der Waals surface area contributed by atoms with Crippen LogP contribution in [0.15, 0.2) is 53.4 Å². The SMILES string of the molecule is CCCC(=O)Nc1cccc(SC(C)C(=O)Nc2ccccc2OCC)c1. The van der Waals surface area contributed by atoms with Gasteiger partial charge in [-0.2, -0.15) is 0 Å². The maximum atomic E-state index is 12.6. The van der Waals surface area contributed by atoms with Gasteiger partial charge in [-0.05, 0) is 50.6 Å². The summed E-state index contributed by atoms with van der Waals surface area (Å²) in [6.45, 7) is 6.26. The number of para-hydroxylation sites is 2. The molecule has 0 saturated carbocycles. The molecule has 2 amide bonds. The highest BCUT2D eigenvalue weighted by molar-refractivity contribution is 8.00. The van der Waals surface area contributed by atoms with Crippen molar-refractivity contribution in [1.82, 2.24) is 0 Å². The lowest BCUT2D eigenvalue weighted by Gasteiger charge is -2.15. The van der Waals surface area contributed by atoms with E-state index in [0.29, 0.717) is 24.5 Å². The number of benzene rings is 2. The van der Waals surface area contributed by atoms with Crippen LogP contribution in [0.5, 0.6) is 5.75 Å². The van der Waals surface area contributed by atoms with Gasteiger partial charge < -0.3 is 15.4 Å². The van der Waals surface area contributed by atoms with Gasteiger partial charge in [-0.15, -0.1) is 11.8 Å². The molecule has 0 aliphatic heterocycles. The first kappa shape index (κ1) is 20.8. The Balaban J connectivity index is 1.99. The second-order valence-electron chi connectivity index (χ2n) is 6.00. The van der Waals surface area contributed by atoms with Gasteiger partial charge >= 0.3 is 0 Å². The molecule has 0 aliphatic carbocycles. The minimum absolute atomic E-state index is 0.00188. The summed E-state index contributed by atoms with van der Waals surface area (Å²) in [6.07, 6.45) is 1.30. The zero-order valence-corrected chi connectivity index (χ0v) is 16.8. The quantitative estimate of drug-likeness (QED) is 0.599. The molecule has 2 aromatic rings. The van der Waals surface area contributed by atoms with Crippen LogP contribution in [0.1, 0.15) is 33.6 Å². The Bertz CT molecular complexity index is 780. The highest BCUT2D eigenvalue weighted by Gasteiger charge is 2.16. The lowest BCUT2D eigenvalue weighted by atomic mass is 10.3. The Kier molecular flexibility index (Phi) is 8.20. The molecule has 0 radical (unpaired) electrons. The molecular weight excluding hydrogens is 360 g/mol. The van der Waals surface area contributed by atoms with E-state index in [2.05, 4.69) is 10.6 Å². The highest BCUT2D eigenvalue weighted by Crippen LogP contribution is 2.28. The van der Waals surface area contributed by atoms with Crippen molar-refractivity contribution in [3.8, 4) is 5.75 Å². The van der Waals surface area contributed by atoms with E-state index < -0.39 is 0 Å². The second-order valence-corrected chi connectivity index (χ2v) is 7.42. The van der Waals surface area contributed by atoms with Gasteiger partial charge in [0.1, 0.15) is 5.75 Å². The van der Waals surface area contributed by atoms with Crippen molar-refractivity contribution in [3.63, 3.8) is 0 Å². The van der Waals surface area contributed by atoms with Gasteiger partial charge in [0, 0.05) is 17.0 Å². The van der Waals surface area contributed by atoms with E-state index in [0.717, 1.165) is 17.0 Å². The minimum atomic E-state index is -0.304. The minimum Gasteiger partial charge on any atom is -0.492 e. The molecule has 2 N–H and O–H groups in total. The molecule has 0 bridgehead atoms. The summed E-state index contributed by atoms with van der Waals surface area (Å²) < 4.78 is 5.55. The standard InChI is InChI=1S/C21H26N2O3S/c1-4-9-20(24)22-16-10-8-11-17(14-16)27-15(3)21(25)23-18-12-6-7-13-19(18)26-5-2/h6-8,10-15H,4-5,9H2,1-3H3,(H,22,24)(H,23,25). The fraction of sp³-hybridized carbons (Fsp3) is 0.333. The van der Waals surface area contributed by atoms with Crippen LogP contribution in [-0.2, 0) is 9.59 Å². The Morgan fingerprint density at radius 1 is 1.07 bits per heavy atom. The maximum Gasteiger partial charge on any atom is 0.237 e. The summed E-state index contributed by atoms with van der Waals surface area (Å²) >= 11 is 1.44. The molecule has 0 fully saturated rings. The fourth-order valence-corrected chi connectivity index (χ4v) is 3.37. The molecule has 6 heteroatoms. The van der Waals surface area contributed by atoms with Crippen LogP contribution in [0.2, 0.25) is 0 Å². The zero-order chi connectivity index (χ0) is 19.6.